The number of nitrogens with two attached hydrogens (primary N) is 1. The number of carboxylic acid groups (broad SMARTS) is 1. The molecule has 2 rings (SSSR count). The van der Waals surface area contributed by atoms with Crippen LogP contribution in [-0.4, -0.2) is 16.2 Å². The Bertz CT molecular complexity index is 655. The third-order valence-corrected chi connectivity index (χ3v) is 3.10. The molecule has 5 heteroatoms. The number of pyridine rings is 1. The first-order valence-corrected chi connectivity index (χ1v) is 6.53. The SMILES string of the molecule is C=CC[C@H](NC(=O)O)c1cccc(-c2ncccc2N)c1. The minimum Gasteiger partial charge on any atom is -0.465 e. The second kappa shape index (κ2) is 6.56. The smallest absolute Gasteiger partial charge is 0.405 e. The zero-order chi connectivity index (χ0) is 15.2. The van der Waals surface area contributed by atoms with Gasteiger partial charge in [0.05, 0.1) is 17.4 Å². The minimum atomic E-state index is -1.07. The summed E-state index contributed by atoms with van der Waals surface area (Å²) in [4.78, 5) is 15.2. The van der Waals surface area contributed by atoms with Crippen LogP contribution in [0, 0.1) is 0 Å². The largest absolute Gasteiger partial charge is 0.465 e. The van der Waals surface area contributed by atoms with Crippen LogP contribution in [0.2, 0.25) is 0 Å². The Morgan fingerprint density at radius 2 is 2.24 bits per heavy atom. The monoisotopic (exact) mass is 283 g/mol. The molecule has 21 heavy (non-hydrogen) atoms. The molecule has 0 unspecified atom stereocenters. The van der Waals surface area contributed by atoms with Crippen molar-refractivity contribution in [3.05, 3.63) is 60.8 Å². The van der Waals surface area contributed by atoms with Crippen LogP contribution >= 0.6 is 0 Å². The summed E-state index contributed by atoms with van der Waals surface area (Å²) >= 11 is 0. The first-order valence-electron chi connectivity index (χ1n) is 6.53. The van der Waals surface area contributed by atoms with Gasteiger partial charge in [0.15, 0.2) is 0 Å². The second-order valence-corrected chi connectivity index (χ2v) is 4.59. The van der Waals surface area contributed by atoms with Crippen LogP contribution in [0.1, 0.15) is 18.0 Å². The van der Waals surface area contributed by atoms with E-state index < -0.39 is 6.09 Å². The number of nitrogens with zero attached hydrogens (tertiary/aromatic N) is 1. The number of hydrogen-bond donors (Lipinski definition) is 3. The molecule has 0 aliphatic rings. The maximum absolute atomic E-state index is 10.9. The Labute approximate surface area is 123 Å². The van der Waals surface area contributed by atoms with Crippen LogP contribution < -0.4 is 11.1 Å². The number of nitrogen functional groups attached to an aromatic ring is 1. The minimum absolute atomic E-state index is 0.343. The highest BCUT2D eigenvalue weighted by atomic mass is 16.4. The number of carbonyl (C=O) groups is 1. The maximum atomic E-state index is 10.9. The molecule has 1 heterocycles. The lowest BCUT2D eigenvalue weighted by molar-refractivity contribution is 0.190. The molecule has 0 aliphatic carbocycles. The molecule has 0 aliphatic heterocycles. The summed E-state index contributed by atoms with van der Waals surface area (Å²) in [6.45, 7) is 3.66. The summed E-state index contributed by atoms with van der Waals surface area (Å²) in [5.74, 6) is 0. The fourth-order valence-electron chi connectivity index (χ4n) is 2.16. The van der Waals surface area contributed by atoms with E-state index in [0.717, 1.165) is 11.1 Å². The van der Waals surface area contributed by atoms with Crippen molar-refractivity contribution in [1.29, 1.82) is 0 Å². The van der Waals surface area contributed by atoms with Crippen LogP contribution in [0.25, 0.3) is 11.3 Å². The molecule has 1 aromatic carbocycles. The first kappa shape index (κ1) is 14.6. The van der Waals surface area contributed by atoms with E-state index in [0.29, 0.717) is 17.8 Å². The summed E-state index contributed by atoms with van der Waals surface area (Å²) in [6, 6.07) is 10.7. The number of aromatic nitrogens is 1. The van der Waals surface area contributed by atoms with Gasteiger partial charge in [0.2, 0.25) is 0 Å². The standard InChI is InChI=1S/C16H17N3O2/c1-2-5-14(19-16(20)21)11-6-3-7-12(10-11)15-13(17)8-4-9-18-15/h2-4,6-10,14,19H,1,5,17H2,(H,20,21)/t14-/m0/s1. The van der Waals surface area contributed by atoms with Crippen LogP contribution in [0.4, 0.5) is 10.5 Å². The third kappa shape index (κ3) is 3.60. The maximum Gasteiger partial charge on any atom is 0.405 e. The molecule has 0 bridgehead atoms. The Balaban J connectivity index is 2.38. The van der Waals surface area contributed by atoms with Gasteiger partial charge in [-0.25, -0.2) is 4.79 Å². The van der Waals surface area contributed by atoms with E-state index in [2.05, 4.69) is 16.9 Å². The molecule has 4 N–H and O–H groups in total. The lowest BCUT2D eigenvalue weighted by atomic mass is 9.99. The van der Waals surface area contributed by atoms with Crippen molar-refractivity contribution in [2.45, 2.75) is 12.5 Å². The molecule has 108 valence electrons. The summed E-state index contributed by atoms with van der Waals surface area (Å²) < 4.78 is 0. The third-order valence-electron chi connectivity index (χ3n) is 3.10. The van der Waals surface area contributed by atoms with E-state index in [4.69, 9.17) is 10.8 Å². The van der Waals surface area contributed by atoms with Gasteiger partial charge in [-0.15, -0.1) is 6.58 Å². The zero-order valence-electron chi connectivity index (χ0n) is 11.5. The molecule has 0 saturated carbocycles. The topological polar surface area (TPSA) is 88.2 Å². The zero-order valence-corrected chi connectivity index (χ0v) is 11.5. The van der Waals surface area contributed by atoms with Crippen LogP contribution in [0.15, 0.2) is 55.3 Å². The van der Waals surface area contributed by atoms with Gasteiger partial charge in [0, 0.05) is 11.8 Å². The number of amides is 1. The summed E-state index contributed by atoms with van der Waals surface area (Å²) in [5, 5.41) is 11.4. The van der Waals surface area contributed by atoms with E-state index >= 15 is 0 Å². The van der Waals surface area contributed by atoms with Crippen molar-refractivity contribution in [2.75, 3.05) is 5.73 Å². The fourth-order valence-corrected chi connectivity index (χ4v) is 2.16. The molecule has 0 spiro atoms. The van der Waals surface area contributed by atoms with E-state index in [9.17, 15) is 4.79 Å². The van der Waals surface area contributed by atoms with Gasteiger partial charge in [-0.05, 0) is 30.2 Å². The Hall–Kier alpha value is -2.82. The summed E-state index contributed by atoms with van der Waals surface area (Å²) in [7, 11) is 0. The van der Waals surface area contributed by atoms with Crippen molar-refractivity contribution in [2.24, 2.45) is 0 Å². The lowest BCUT2D eigenvalue weighted by Gasteiger charge is -2.16. The molecule has 1 amide bonds. The molecular weight excluding hydrogens is 266 g/mol. The molecule has 2 aromatic rings. The van der Waals surface area contributed by atoms with Crippen molar-refractivity contribution >= 4 is 11.8 Å². The molecule has 5 nitrogen and oxygen atoms in total. The van der Waals surface area contributed by atoms with Gasteiger partial charge < -0.3 is 16.2 Å². The first-order chi connectivity index (χ1) is 10.1. The van der Waals surface area contributed by atoms with Crippen molar-refractivity contribution in [1.82, 2.24) is 10.3 Å². The van der Waals surface area contributed by atoms with Gasteiger partial charge in [-0.1, -0.05) is 24.3 Å². The van der Waals surface area contributed by atoms with E-state index in [-0.39, 0.29) is 6.04 Å². The molecular formula is C16H17N3O2. The predicted octanol–water partition coefficient (Wildman–Crippen LogP) is 3.22. The van der Waals surface area contributed by atoms with Crippen LogP contribution in [0.5, 0.6) is 0 Å². The van der Waals surface area contributed by atoms with Crippen LogP contribution in [-0.2, 0) is 0 Å². The number of hydrogen-bond acceptors (Lipinski definition) is 3. The molecule has 1 aromatic heterocycles. The van der Waals surface area contributed by atoms with Gasteiger partial charge in [0.25, 0.3) is 0 Å². The Morgan fingerprint density at radius 1 is 1.43 bits per heavy atom. The highest BCUT2D eigenvalue weighted by molar-refractivity contribution is 5.73. The average Bonchev–Trinajstić information content (AvgIpc) is 2.47. The Morgan fingerprint density at radius 3 is 2.90 bits per heavy atom. The summed E-state index contributed by atoms with van der Waals surface area (Å²) in [6.07, 6.45) is 2.80. The number of rotatable bonds is 5. The van der Waals surface area contributed by atoms with Gasteiger partial charge in [-0.3, -0.25) is 4.98 Å². The number of nitrogens with one attached hydrogen (secondary N) is 1. The Kier molecular flexibility index (Phi) is 4.56. The normalized spacial score (nSPS) is 11.6. The van der Waals surface area contributed by atoms with Gasteiger partial charge >= 0.3 is 6.09 Å². The molecule has 1 atom stereocenters. The highest BCUT2D eigenvalue weighted by Gasteiger charge is 2.14. The van der Waals surface area contributed by atoms with Crippen molar-refractivity contribution in [3.8, 4) is 11.3 Å². The molecule has 0 radical (unpaired) electrons. The molecule has 0 saturated heterocycles. The quantitative estimate of drug-likeness (QED) is 0.735. The van der Waals surface area contributed by atoms with E-state index in [1.54, 1.807) is 24.4 Å². The average molecular weight is 283 g/mol. The lowest BCUT2D eigenvalue weighted by Crippen LogP contribution is -2.26. The number of anilines is 1. The summed E-state index contributed by atoms with van der Waals surface area (Å²) in [5.41, 5.74) is 8.90. The van der Waals surface area contributed by atoms with E-state index in [1.165, 1.54) is 0 Å². The van der Waals surface area contributed by atoms with Crippen LogP contribution in [0.3, 0.4) is 0 Å². The second-order valence-electron chi connectivity index (χ2n) is 4.59. The van der Waals surface area contributed by atoms with Gasteiger partial charge in [-0.2, -0.15) is 0 Å². The predicted molar refractivity (Wildman–Crippen MR) is 82.8 cm³/mol. The van der Waals surface area contributed by atoms with E-state index in [1.807, 2.05) is 24.3 Å². The highest BCUT2D eigenvalue weighted by Crippen LogP contribution is 2.27. The fraction of sp³-hybridized carbons (Fsp3) is 0.125. The van der Waals surface area contributed by atoms with Crippen molar-refractivity contribution in [3.63, 3.8) is 0 Å². The van der Waals surface area contributed by atoms with Gasteiger partial charge in [0.1, 0.15) is 0 Å². The number of benzene rings is 1. The van der Waals surface area contributed by atoms with Crippen molar-refractivity contribution < 1.29 is 9.90 Å². The molecule has 0 fully saturated rings.